The number of ether oxygens (including phenoxy) is 1. The van der Waals surface area contributed by atoms with E-state index in [0.29, 0.717) is 18.1 Å². The minimum atomic E-state index is -0.0114. The molecule has 2 aliphatic rings. The highest BCUT2D eigenvalue weighted by atomic mass is 35.5. The van der Waals surface area contributed by atoms with E-state index in [1.54, 1.807) is 0 Å². The molecule has 0 radical (unpaired) electrons. The van der Waals surface area contributed by atoms with Crippen LogP contribution in [-0.4, -0.2) is 47.6 Å². The summed E-state index contributed by atoms with van der Waals surface area (Å²) in [6.45, 7) is 7.45. The first-order valence-corrected chi connectivity index (χ1v) is 10.7. The fourth-order valence-electron chi connectivity index (χ4n) is 4.34. The van der Waals surface area contributed by atoms with E-state index >= 15 is 0 Å². The zero-order valence-electron chi connectivity index (χ0n) is 16.8. The summed E-state index contributed by atoms with van der Waals surface area (Å²) in [6.07, 6.45) is 6.76. The van der Waals surface area contributed by atoms with Crippen LogP contribution in [0, 0.1) is 5.41 Å². The Kier molecular flexibility index (Phi) is 10.7. The van der Waals surface area contributed by atoms with Crippen molar-refractivity contribution in [2.45, 2.75) is 71.1 Å². The number of amides is 1. The number of rotatable bonds is 6. The summed E-state index contributed by atoms with van der Waals surface area (Å²) in [5.74, 6) is 0.0480. The summed E-state index contributed by atoms with van der Waals surface area (Å²) < 4.78 is 5.78. The summed E-state index contributed by atoms with van der Waals surface area (Å²) in [5.41, 5.74) is 7.00. The highest BCUT2D eigenvalue weighted by Crippen LogP contribution is 2.38. The Morgan fingerprint density at radius 1 is 1.29 bits per heavy atom. The number of carbonyl (C=O) groups is 1. The molecule has 1 aromatic rings. The molecule has 6 nitrogen and oxygen atoms in total. The standard InChI is InChI=1S/C19H32N4O2S.2ClH/c1-14-9-23(10-15(2)25-14)11-16-12-26-18(21-16)22-17(24)8-19(13-20)6-4-3-5-7-19;;/h12,14-15H,3-11,13,20H2,1-2H3,(H,21,22,24);2*1H. The summed E-state index contributed by atoms with van der Waals surface area (Å²) in [6, 6.07) is 0. The van der Waals surface area contributed by atoms with E-state index in [-0.39, 0.29) is 48.3 Å². The second-order valence-electron chi connectivity index (χ2n) is 8.09. The first-order valence-electron chi connectivity index (χ1n) is 9.80. The van der Waals surface area contributed by atoms with E-state index < -0.39 is 0 Å². The van der Waals surface area contributed by atoms with Crippen molar-refractivity contribution >= 4 is 47.2 Å². The summed E-state index contributed by atoms with van der Waals surface area (Å²) in [5, 5.41) is 5.73. The smallest absolute Gasteiger partial charge is 0.226 e. The molecular weight excluding hydrogens is 419 g/mol. The van der Waals surface area contributed by atoms with Crippen molar-refractivity contribution in [3.05, 3.63) is 11.1 Å². The van der Waals surface area contributed by atoms with Crippen LogP contribution in [-0.2, 0) is 16.1 Å². The third-order valence-corrected chi connectivity index (χ3v) is 6.37. The number of nitrogens with zero attached hydrogens (tertiary/aromatic N) is 2. The van der Waals surface area contributed by atoms with Crippen LogP contribution < -0.4 is 11.1 Å². The van der Waals surface area contributed by atoms with Gasteiger partial charge in [0.15, 0.2) is 5.13 Å². The molecule has 0 aromatic carbocycles. The van der Waals surface area contributed by atoms with Gasteiger partial charge in [-0.3, -0.25) is 9.69 Å². The molecule has 2 heterocycles. The van der Waals surface area contributed by atoms with Gasteiger partial charge in [-0.05, 0) is 38.6 Å². The number of thiazole rings is 1. The molecule has 3 rings (SSSR count). The third-order valence-electron chi connectivity index (χ3n) is 5.56. The largest absolute Gasteiger partial charge is 0.373 e. The number of morpholine rings is 1. The maximum atomic E-state index is 12.5. The fraction of sp³-hybridized carbons (Fsp3) is 0.789. The number of nitrogens with two attached hydrogens (primary N) is 1. The lowest BCUT2D eigenvalue weighted by atomic mass is 9.72. The molecule has 1 aliphatic carbocycles. The molecule has 1 aromatic heterocycles. The Labute approximate surface area is 184 Å². The minimum Gasteiger partial charge on any atom is -0.373 e. The van der Waals surface area contributed by atoms with Crippen molar-refractivity contribution in [2.24, 2.45) is 11.1 Å². The molecule has 1 aliphatic heterocycles. The Bertz CT molecular complexity index is 601. The summed E-state index contributed by atoms with van der Waals surface area (Å²) in [4.78, 5) is 19.5. The quantitative estimate of drug-likeness (QED) is 0.684. The molecule has 9 heteroatoms. The van der Waals surface area contributed by atoms with E-state index in [1.165, 1.54) is 30.6 Å². The molecule has 3 N–H and O–H groups in total. The molecule has 1 saturated carbocycles. The van der Waals surface area contributed by atoms with Crippen LogP contribution in [0.4, 0.5) is 5.13 Å². The summed E-state index contributed by atoms with van der Waals surface area (Å²) >= 11 is 1.50. The molecule has 0 spiro atoms. The molecule has 162 valence electrons. The molecule has 2 atom stereocenters. The highest BCUT2D eigenvalue weighted by Gasteiger charge is 2.33. The SMILES string of the molecule is CC1CN(Cc2csc(NC(=O)CC3(CN)CCCCC3)n2)CC(C)O1.Cl.Cl. The zero-order chi connectivity index (χ0) is 18.6. The second kappa shape index (κ2) is 11.7. The minimum absolute atomic E-state index is 0. The summed E-state index contributed by atoms with van der Waals surface area (Å²) in [7, 11) is 0. The van der Waals surface area contributed by atoms with E-state index in [0.717, 1.165) is 38.2 Å². The Morgan fingerprint density at radius 3 is 2.54 bits per heavy atom. The molecule has 1 amide bonds. The van der Waals surface area contributed by atoms with Crippen molar-refractivity contribution < 1.29 is 9.53 Å². The van der Waals surface area contributed by atoms with E-state index in [9.17, 15) is 4.79 Å². The molecule has 1 saturated heterocycles. The Morgan fingerprint density at radius 2 is 1.93 bits per heavy atom. The number of carbonyl (C=O) groups excluding carboxylic acids is 1. The fourth-order valence-corrected chi connectivity index (χ4v) is 5.06. The number of nitrogens with one attached hydrogen (secondary N) is 1. The topological polar surface area (TPSA) is 80.5 Å². The van der Waals surface area contributed by atoms with Crippen LogP contribution in [0.25, 0.3) is 0 Å². The van der Waals surface area contributed by atoms with Crippen LogP contribution in [0.2, 0.25) is 0 Å². The Hall–Kier alpha value is -0.440. The lowest BCUT2D eigenvalue weighted by molar-refractivity contribution is -0.118. The molecule has 2 fully saturated rings. The number of hydrogen-bond donors (Lipinski definition) is 2. The van der Waals surface area contributed by atoms with Crippen molar-refractivity contribution in [1.82, 2.24) is 9.88 Å². The Balaban J connectivity index is 0.00000196. The van der Waals surface area contributed by atoms with Gasteiger partial charge < -0.3 is 15.8 Å². The first kappa shape index (κ1) is 25.6. The van der Waals surface area contributed by atoms with Gasteiger partial charge in [-0.2, -0.15) is 0 Å². The third kappa shape index (κ3) is 7.11. The number of halogens is 2. The van der Waals surface area contributed by atoms with Crippen molar-refractivity contribution in [1.29, 1.82) is 0 Å². The average molecular weight is 453 g/mol. The van der Waals surface area contributed by atoms with Crippen molar-refractivity contribution in [2.75, 3.05) is 25.0 Å². The van der Waals surface area contributed by atoms with Crippen molar-refractivity contribution in [3.8, 4) is 0 Å². The predicted molar refractivity (Wildman–Crippen MR) is 120 cm³/mol. The lowest BCUT2D eigenvalue weighted by Crippen LogP contribution is -2.44. The maximum Gasteiger partial charge on any atom is 0.226 e. The lowest BCUT2D eigenvalue weighted by Gasteiger charge is -2.35. The first-order chi connectivity index (χ1) is 12.5. The molecule has 0 bridgehead atoms. The van der Waals surface area contributed by atoms with E-state index in [2.05, 4.69) is 29.0 Å². The van der Waals surface area contributed by atoms with E-state index in [4.69, 9.17) is 10.5 Å². The van der Waals surface area contributed by atoms with Gasteiger partial charge in [-0.25, -0.2) is 4.98 Å². The molecule has 28 heavy (non-hydrogen) atoms. The molecular formula is C19H34Cl2N4O2S. The second-order valence-corrected chi connectivity index (χ2v) is 8.94. The van der Waals surface area contributed by atoms with Crippen LogP contribution in [0.15, 0.2) is 5.38 Å². The number of anilines is 1. The zero-order valence-corrected chi connectivity index (χ0v) is 19.3. The van der Waals surface area contributed by atoms with Gasteiger partial charge in [0.2, 0.25) is 5.91 Å². The van der Waals surface area contributed by atoms with Gasteiger partial charge in [-0.1, -0.05) is 19.3 Å². The maximum absolute atomic E-state index is 12.5. The number of hydrogen-bond acceptors (Lipinski definition) is 6. The van der Waals surface area contributed by atoms with Gasteiger partial charge >= 0.3 is 0 Å². The van der Waals surface area contributed by atoms with Gasteiger partial charge in [-0.15, -0.1) is 36.2 Å². The predicted octanol–water partition coefficient (Wildman–Crippen LogP) is 3.83. The van der Waals surface area contributed by atoms with Gasteiger partial charge in [0, 0.05) is 31.4 Å². The molecule has 2 unspecified atom stereocenters. The highest BCUT2D eigenvalue weighted by molar-refractivity contribution is 7.13. The van der Waals surface area contributed by atoms with Gasteiger partial charge in [0.1, 0.15) is 0 Å². The average Bonchev–Trinajstić information content (AvgIpc) is 3.01. The van der Waals surface area contributed by atoms with E-state index in [1.807, 2.05) is 5.38 Å². The van der Waals surface area contributed by atoms with Crippen molar-refractivity contribution in [3.63, 3.8) is 0 Å². The van der Waals surface area contributed by atoms with Crippen LogP contribution >= 0.6 is 36.2 Å². The normalized spacial score (nSPS) is 24.7. The monoisotopic (exact) mass is 452 g/mol. The van der Waals surface area contributed by atoms with Gasteiger partial charge in [0.05, 0.1) is 17.9 Å². The van der Waals surface area contributed by atoms with Crippen LogP contribution in [0.1, 0.15) is 58.1 Å². The number of aromatic nitrogens is 1. The van der Waals surface area contributed by atoms with Crippen LogP contribution in [0.5, 0.6) is 0 Å². The van der Waals surface area contributed by atoms with Crippen LogP contribution in [0.3, 0.4) is 0 Å². The van der Waals surface area contributed by atoms with Gasteiger partial charge in [0.25, 0.3) is 0 Å².